The van der Waals surface area contributed by atoms with Crippen LogP contribution in [0.25, 0.3) is 0 Å². The number of benzene rings is 1. The molecule has 1 aromatic carbocycles. The summed E-state index contributed by atoms with van der Waals surface area (Å²) in [6, 6.07) is 3.50. The van der Waals surface area contributed by atoms with Crippen LogP contribution in [-0.4, -0.2) is 30.8 Å². The lowest BCUT2D eigenvalue weighted by molar-refractivity contribution is -0.133. The van der Waals surface area contributed by atoms with Gasteiger partial charge in [-0.1, -0.05) is 18.9 Å². The van der Waals surface area contributed by atoms with E-state index in [-0.39, 0.29) is 23.7 Å². The van der Waals surface area contributed by atoms with Crippen molar-refractivity contribution in [2.24, 2.45) is 11.8 Å². The molecule has 2 atom stereocenters. The van der Waals surface area contributed by atoms with Crippen molar-refractivity contribution in [1.29, 1.82) is 0 Å². The van der Waals surface area contributed by atoms with E-state index in [4.69, 9.17) is 0 Å². The van der Waals surface area contributed by atoms with Gasteiger partial charge in [-0.05, 0) is 25.3 Å². The molecule has 2 amide bonds. The van der Waals surface area contributed by atoms with E-state index in [0.717, 1.165) is 18.9 Å². The third-order valence-corrected chi connectivity index (χ3v) is 5.15. The minimum atomic E-state index is -0.789. The van der Waals surface area contributed by atoms with E-state index in [0.29, 0.717) is 24.8 Å². The van der Waals surface area contributed by atoms with Crippen molar-refractivity contribution in [2.45, 2.75) is 37.6 Å². The molecule has 0 bridgehead atoms. The standard InChI is InChI=1S/C18H22F2N2O2/c1-22(2)17(24)13-10-12(13)16(23)21-18(7-3-4-8-18)14-6-5-11(19)9-15(14)20/h5-6,9,12-13H,3-4,7-8,10H2,1-2H3,(H,21,23)/t12-,13+/m0/s1. The highest BCUT2D eigenvalue weighted by atomic mass is 19.1. The minimum Gasteiger partial charge on any atom is -0.349 e. The number of carbonyl (C=O) groups excluding carboxylic acids is 2. The minimum absolute atomic E-state index is 0.0522. The lowest BCUT2D eigenvalue weighted by Crippen LogP contribution is -2.45. The van der Waals surface area contributed by atoms with Gasteiger partial charge in [0.1, 0.15) is 11.6 Å². The molecule has 0 saturated heterocycles. The van der Waals surface area contributed by atoms with Crippen LogP contribution in [0.2, 0.25) is 0 Å². The zero-order chi connectivity index (χ0) is 17.5. The van der Waals surface area contributed by atoms with Gasteiger partial charge in [-0.3, -0.25) is 9.59 Å². The zero-order valence-corrected chi connectivity index (χ0v) is 13.9. The highest BCUT2D eigenvalue weighted by molar-refractivity contribution is 5.92. The predicted octanol–water partition coefficient (Wildman–Crippen LogP) is 2.57. The first-order chi connectivity index (χ1) is 11.3. The zero-order valence-electron chi connectivity index (χ0n) is 13.9. The van der Waals surface area contributed by atoms with Crippen molar-refractivity contribution >= 4 is 11.8 Å². The first-order valence-electron chi connectivity index (χ1n) is 8.33. The van der Waals surface area contributed by atoms with Crippen LogP contribution in [0, 0.1) is 23.5 Å². The van der Waals surface area contributed by atoms with E-state index in [1.165, 1.54) is 17.0 Å². The molecule has 4 nitrogen and oxygen atoms in total. The van der Waals surface area contributed by atoms with Crippen molar-refractivity contribution in [1.82, 2.24) is 10.2 Å². The second-order valence-electron chi connectivity index (χ2n) is 7.08. The van der Waals surface area contributed by atoms with Crippen molar-refractivity contribution in [2.75, 3.05) is 14.1 Å². The summed E-state index contributed by atoms with van der Waals surface area (Å²) in [6.45, 7) is 0. The SMILES string of the molecule is CN(C)C(=O)[C@@H]1C[C@@H]1C(=O)NC1(c2ccc(F)cc2F)CCCC1. The fourth-order valence-electron chi connectivity index (χ4n) is 3.74. The highest BCUT2D eigenvalue weighted by Crippen LogP contribution is 2.44. The molecule has 0 aliphatic heterocycles. The molecular weight excluding hydrogens is 314 g/mol. The van der Waals surface area contributed by atoms with Crippen LogP contribution in [0.3, 0.4) is 0 Å². The van der Waals surface area contributed by atoms with Gasteiger partial charge in [0.2, 0.25) is 11.8 Å². The lowest BCUT2D eigenvalue weighted by Gasteiger charge is -2.31. The van der Waals surface area contributed by atoms with Crippen LogP contribution in [0.15, 0.2) is 18.2 Å². The Morgan fingerprint density at radius 1 is 1.17 bits per heavy atom. The summed E-state index contributed by atoms with van der Waals surface area (Å²) in [5.41, 5.74) is -0.450. The monoisotopic (exact) mass is 336 g/mol. The van der Waals surface area contributed by atoms with E-state index in [1.54, 1.807) is 14.1 Å². The Bertz CT molecular complexity index is 669. The van der Waals surface area contributed by atoms with Gasteiger partial charge in [-0.25, -0.2) is 8.78 Å². The Kier molecular flexibility index (Phi) is 4.32. The Morgan fingerprint density at radius 3 is 2.42 bits per heavy atom. The first-order valence-corrected chi connectivity index (χ1v) is 8.33. The smallest absolute Gasteiger partial charge is 0.225 e. The number of carbonyl (C=O) groups is 2. The molecule has 1 aromatic rings. The Balaban J connectivity index is 1.78. The Hall–Kier alpha value is -1.98. The Morgan fingerprint density at radius 2 is 1.83 bits per heavy atom. The molecule has 130 valence electrons. The second kappa shape index (κ2) is 6.15. The molecule has 6 heteroatoms. The molecule has 2 saturated carbocycles. The molecule has 1 N–H and O–H groups in total. The fraction of sp³-hybridized carbons (Fsp3) is 0.556. The average molecular weight is 336 g/mol. The fourth-order valence-corrected chi connectivity index (χ4v) is 3.74. The number of rotatable bonds is 4. The van der Waals surface area contributed by atoms with E-state index < -0.39 is 17.2 Å². The van der Waals surface area contributed by atoms with Gasteiger partial charge in [0.15, 0.2) is 0 Å². The van der Waals surface area contributed by atoms with Crippen LogP contribution in [-0.2, 0) is 15.1 Å². The molecule has 0 unspecified atom stereocenters. The van der Waals surface area contributed by atoms with Gasteiger partial charge in [0.25, 0.3) is 0 Å². The van der Waals surface area contributed by atoms with Crippen LogP contribution >= 0.6 is 0 Å². The van der Waals surface area contributed by atoms with Gasteiger partial charge in [-0.2, -0.15) is 0 Å². The van der Waals surface area contributed by atoms with Crippen molar-refractivity contribution in [3.05, 3.63) is 35.4 Å². The number of nitrogens with one attached hydrogen (secondary N) is 1. The van der Waals surface area contributed by atoms with Gasteiger partial charge < -0.3 is 10.2 Å². The van der Waals surface area contributed by atoms with Crippen LogP contribution in [0.5, 0.6) is 0 Å². The molecule has 2 aliphatic rings. The number of hydrogen-bond acceptors (Lipinski definition) is 2. The largest absolute Gasteiger partial charge is 0.349 e. The van der Waals surface area contributed by atoms with E-state index in [1.807, 2.05) is 0 Å². The third kappa shape index (κ3) is 3.01. The number of halogens is 2. The molecule has 2 aliphatic carbocycles. The quantitative estimate of drug-likeness (QED) is 0.919. The molecule has 3 rings (SSSR count). The molecule has 0 spiro atoms. The van der Waals surface area contributed by atoms with Gasteiger partial charge in [-0.15, -0.1) is 0 Å². The highest BCUT2D eigenvalue weighted by Gasteiger charge is 2.51. The normalized spacial score (nSPS) is 24.5. The molecule has 0 aromatic heterocycles. The first kappa shape index (κ1) is 16.9. The maximum atomic E-state index is 14.3. The summed E-state index contributed by atoms with van der Waals surface area (Å²) in [5.74, 6) is -2.15. The van der Waals surface area contributed by atoms with Gasteiger partial charge in [0, 0.05) is 25.7 Å². The van der Waals surface area contributed by atoms with Crippen molar-refractivity contribution in [3.8, 4) is 0 Å². The number of nitrogens with zero attached hydrogens (tertiary/aromatic N) is 1. The second-order valence-corrected chi connectivity index (χ2v) is 7.08. The summed E-state index contributed by atoms with van der Waals surface area (Å²) < 4.78 is 27.5. The summed E-state index contributed by atoms with van der Waals surface area (Å²) in [5, 5.41) is 2.98. The molecular formula is C18H22F2N2O2. The Labute approximate surface area is 140 Å². The molecule has 0 radical (unpaired) electrons. The number of amides is 2. The van der Waals surface area contributed by atoms with E-state index >= 15 is 0 Å². The summed E-state index contributed by atoms with van der Waals surface area (Å²) in [4.78, 5) is 26.0. The summed E-state index contributed by atoms with van der Waals surface area (Å²) in [7, 11) is 3.34. The molecule has 2 fully saturated rings. The third-order valence-electron chi connectivity index (χ3n) is 5.15. The van der Waals surface area contributed by atoms with Crippen molar-refractivity contribution < 1.29 is 18.4 Å². The molecule has 24 heavy (non-hydrogen) atoms. The summed E-state index contributed by atoms with van der Waals surface area (Å²) >= 11 is 0. The lowest BCUT2D eigenvalue weighted by atomic mass is 9.87. The van der Waals surface area contributed by atoms with Crippen LogP contribution in [0.4, 0.5) is 8.78 Å². The van der Waals surface area contributed by atoms with Crippen molar-refractivity contribution in [3.63, 3.8) is 0 Å². The van der Waals surface area contributed by atoms with Crippen LogP contribution < -0.4 is 5.32 Å². The van der Waals surface area contributed by atoms with Crippen LogP contribution in [0.1, 0.15) is 37.7 Å². The maximum absolute atomic E-state index is 14.3. The topological polar surface area (TPSA) is 49.4 Å². The number of hydrogen-bond donors (Lipinski definition) is 1. The van der Waals surface area contributed by atoms with E-state index in [9.17, 15) is 18.4 Å². The van der Waals surface area contributed by atoms with E-state index in [2.05, 4.69) is 5.32 Å². The maximum Gasteiger partial charge on any atom is 0.225 e. The summed E-state index contributed by atoms with van der Waals surface area (Å²) in [6.07, 6.45) is 3.54. The predicted molar refractivity (Wildman–Crippen MR) is 84.9 cm³/mol. The molecule has 0 heterocycles. The average Bonchev–Trinajstić information content (AvgIpc) is 3.19. The van der Waals surface area contributed by atoms with Gasteiger partial charge >= 0.3 is 0 Å². The van der Waals surface area contributed by atoms with Gasteiger partial charge in [0.05, 0.1) is 17.4 Å².